The zero-order valence-corrected chi connectivity index (χ0v) is 14.1. The molecule has 0 saturated heterocycles. The summed E-state index contributed by atoms with van der Waals surface area (Å²) in [6.07, 6.45) is 1.61. The quantitative estimate of drug-likeness (QED) is 0.815. The van der Waals surface area contributed by atoms with Crippen LogP contribution in [0.15, 0.2) is 29.7 Å². The lowest BCUT2D eigenvalue weighted by Crippen LogP contribution is -2.40. The summed E-state index contributed by atoms with van der Waals surface area (Å²) >= 11 is 1.23. The van der Waals surface area contributed by atoms with Gasteiger partial charge in [0, 0.05) is 6.54 Å². The Bertz CT molecular complexity index is 714. The van der Waals surface area contributed by atoms with Gasteiger partial charge >= 0.3 is 6.03 Å². The second-order valence-corrected chi connectivity index (χ2v) is 5.91. The lowest BCUT2D eigenvalue weighted by molar-refractivity contribution is -0.117. The Hall–Kier alpha value is -2.35. The van der Waals surface area contributed by atoms with Crippen LogP contribution in [-0.4, -0.2) is 39.0 Å². The Morgan fingerprint density at radius 3 is 2.78 bits per heavy atom. The van der Waals surface area contributed by atoms with Crippen molar-refractivity contribution in [1.82, 2.24) is 25.4 Å². The summed E-state index contributed by atoms with van der Waals surface area (Å²) in [5.74, 6) is -0.295. The van der Waals surface area contributed by atoms with Crippen LogP contribution in [0, 0.1) is 13.8 Å². The molecule has 1 aromatic carbocycles. The Morgan fingerprint density at radius 2 is 2.09 bits per heavy atom. The third kappa shape index (κ3) is 4.56. The van der Waals surface area contributed by atoms with E-state index in [1.54, 1.807) is 13.3 Å². The fourth-order valence-corrected chi connectivity index (χ4v) is 2.78. The number of imide groups is 1. The molecule has 2 N–H and O–H groups in total. The minimum absolute atomic E-state index is 0.0841. The van der Waals surface area contributed by atoms with Gasteiger partial charge in [0.15, 0.2) is 5.16 Å². The Morgan fingerprint density at radius 1 is 1.30 bits per heavy atom. The molecule has 1 aromatic heterocycles. The number of amides is 3. The molecular formula is C15H19N5O2S. The number of nitrogens with one attached hydrogen (secondary N) is 2. The van der Waals surface area contributed by atoms with E-state index < -0.39 is 6.03 Å². The van der Waals surface area contributed by atoms with E-state index in [9.17, 15) is 9.59 Å². The number of rotatable bonds is 5. The van der Waals surface area contributed by atoms with Gasteiger partial charge in [0.2, 0.25) is 5.91 Å². The Balaban J connectivity index is 2.04. The Kier molecular flexibility index (Phi) is 5.75. The molecule has 0 spiro atoms. The van der Waals surface area contributed by atoms with Gasteiger partial charge in [-0.15, -0.1) is 10.2 Å². The normalized spacial score (nSPS) is 10.4. The average molecular weight is 333 g/mol. The van der Waals surface area contributed by atoms with E-state index >= 15 is 0 Å². The van der Waals surface area contributed by atoms with Crippen molar-refractivity contribution < 1.29 is 9.59 Å². The maximum Gasteiger partial charge on any atom is 0.321 e. The SMILES string of the molecule is CCNC(=O)NC(=O)CSc1nncn1-c1ccc(C)cc1C. The molecule has 0 atom stereocenters. The van der Waals surface area contributed by atoms with Crippen LogP contribution in [0.25, 0.3) is 5.69 Å². The van der Waals surface area contributed by atoms with Crippen LogP contribution < -0.4 is 10.6 Å². The molecule has 1 heterocycles. The van der Waals surface area contributed by atoms with Crippen molar-refractivity contribution in [2.24, 2.45) is 0 Å². The van der Waals surface area contributed by atoms with Crippen LogP contribution in [0.3, 0.4) is 0 Å². The first-order chi connectivity index (χ1) is 11.0. The van der Waals surface area contributed by atoms with Gasteiger partial charge in [-0.3, -0.25) is 14.7 Å². The topological polar surface area (TPSA) is 88.9 Å². The lowest BCUT2D eigenvalue weighted by atomic mass is 10.1. The molecule has 0 bridgehead atoms. The van der Waals surface area contributed by atoms with E-state index in [2.05, 4.69) is 26.9 Å². The van der Waals surface area contributed by atoms with Crippen LogP contribution >= 0.6 is 11.8 Å². The molecule has 2 aromatic rings. The number of hydrogen-bond donors (Lipinski definition) is 2. The molecule has 0 fully saturated rings. The van der Waals surface area contributed by atoms with Gasteiger partial charge in [0.05, 0.1) is 11.4 Å². The number of carbonyl (C=O) groups excluding carboxylic acids is 2. The highest BCUT2D eigenvalue weighted by Crippen LogP contribution is 2.22. The first kappa shape index (κ1) is 17.0. The predicted octanol–water partition coefficient (Wildman–Crippen LogP) is 1.82. The van der Waals surface area contributed by atoms with E-state index in [-0.39, 0.29) is 11.7 Å². The zero-order valence-electron chi connectivity index (χ0n) is 13.3. The molecule has 7 nitrogen and oxygen atoms in total. The van der Waals surface area contributed by atoms with Gasteiger partial charge < -0.3 is 5.32 Å². The number of thioether (sulfide) groups is 1. The van der Waals surface area contributed by atoms with Crippen LogP contribution in [0.4, 0.5) is 4.79 Å². The van der Waals surface area contributed by atoms with Crippen molar-refractivity contribution in [1.29, 1.82) is 0 Å². The summed E-state index contributed by atoms with van der Waals surface area (Å²) in [6, 6.07) is 5.59. The first-order valence-electron chi connectivity index (χ1n) is 7.19. The molecule has 2 rings (SSSR count). The van der Waals surface area contributed by atoms with Gasteiger partial charge in [-0.05, 0) is 32.4 Å². The smallest absolute Gasteiger partial charge is 0.321 e. The van der Waals surface area contributed by atoms with E-state index in [4.69, 9.17) is 0 Å². The maximum absolute atomic E-state index is 11.7. The van der Waals surface area contributed by atoms with Crippen molar-refractivity contribution in [2.45, 2.75) is 25.9 Å². The fourth-order valence-electron chi connectivity index (χ4n) is 2.06. The van der Waals surface area contributed by atoms with Gasteiger partial charge in [0.25, 0.3) is 0 Å². The van der Waals surface area contributed by atoms with Gasteiger partial charge in [-0.1, -0.05) is 29.5 Å². The van der Waals surface area contributed by atoms with E-state index in [1.807, 2.05) is 30.5 Å². The number of aryl methyl sites for hydroxylation is 2. The summed E-state index contributed by atoms with van der Waals surface area (Å²) in [7, 11) is 0. The first-order valence-corrected chi connectivity index (χ1v) is 8.18. The summed E-state index contributed by atoms with van der Waals surface area (Å²) in [4.78, 5) is 23.0. The van der Waals surface area contributed by atoms with Gasteiger partial charge in [-0.25, -0.2) is 4.79 Å². The second-order valence-electron chi connectivity index (χ2n) is 4.97. The highest BCUT2D eigenvalue weighted by molar-refractivity contribution is 7.99. The number of benzene rings is 1. The number of carbonyl (C=O) groups is 2. The molecule has 8 heteroatoms. The number of nitrogens with zero attached hydrogens (tertiary/aromatic N) is 3. The number of hydrogen-bond acceptors (Lipinski definition) is 5. The predicted molar refractivity (Wildman–Crippen MR) is 88.8 cm³/mol. The lowest BCUT2D eigenvalue weighted by Gasteiger charge is -2.10. The third-order valence-corrected chi connectivity index (χ3v) is 3.99. The zero-order chi connectivity index (χ0) is 16.8. The number of urea groups is 1. The molecule has 122 valence electrons. The fraction of sp³-hybridized carbons (Fsp3) is 0.333. The third-order valence-electron chi connectivity index (χ3n) is 3.05. The van der Waals surface area contributed by atoms with Crippen molar-refractivity contribution in [3.63, 3.8) is 0 Å². The van der Waals surface area contributed by atoms with Gasteiger partial charge in [0.1, 0.15) is 6.33 Å². The van der Waals surface area contributed by atoms with E-state index in [0.717, 1.165) is 11.3 Å². The minimum Gasteiger partial charge on any atom is -0.338 e. The second kappa shape index (κ2) is 7.77. The summed E-state index contributed by atoms with van der Waals surface area (Å²) < 4.78 is 1.83. The highest BCUT2D eigenvalue weighted by Gasteiger charge is 2.13. The average Bonchev–Trinajstić information content (AvgIpc) is 2.93. The Labute approximate surface area is 138 Å². The van der Waals surface area contributed by atoms with Crippen molar-refractivity contribution in [3.05, 3.63) is 35.7 Å². The molecule has 0 aliphatic carbocycles. The number of aromatic nitrogens is 3. The van der Waals surface area contributed by atoms with Crippen LogP contribution in [0.1, 0.15) is 18.1 Å². The highest BCUT2D eigenvalue weighted by atomic mass is 32.2. The molecule has 0 unspecified atom stereocenters. The molecule has 0 aliphatic rings. The molecule has 3 amide bonds. The molecule has 23 heavy (non-hydrogen) atoms. The summed E-state index contributed by atoms with van der Waals surface area (Å²) in [6.45, 7) is 6.29. The molecule has 0 saturated carbocycles. The van der Waals surface area contributed by atoms with E-state index in [1.165, 1.54) is 17.3 Å². The van der Waals surface area contributed by atoms with Crippen LogP contribution in [0.2, 0.25) is 0 Å². The van der Waals surface area contributed by atoms with Crippen LogP contribution in [-0.2, 0) is 4.79 Å². The van der Waals surface area contributed by atoms with Gasteiger partial charge in [-0.2, -0.15) is 0 Å². The monoisotopic (exact) mass is 333 g/mol. The van der Waals surface area contributed by atoms with Crippen molar-refractivity contribution in [3.8, 4) is 5.69 Å². The van der Waals surface area contributed by atoms with Crippen LogP contribution in [0.5, 0.6) is 0 Å². The maximum atomic E-state index is 11.7. The minimum atomic E-state index is -0.492. The van der Waals surface area contributed by atoms with E-state index in [0.29, 0.717) is 11.7 Å². The summed E-state index contributed by atoms with van der Waals surface area (Å²) in [5.41, 5.74) is 3.24. The van der Waals surface area contributed by atoms with Crippen molar-refractivity contribution >= 4 is 23.7 Å². The summed E-state index contributed by atoms with van der Waals surface area (Å²) in [5, 5.41) is 13.3. The van der Waals surface area contributed by atoms with Crippen molar-refractivity contribution in [2.75, 3.05) is 12.3 Å². The molecule has 0 aliphatic heterocycles. The molecular weight excluding hydrogens is 314 g/mol. The largest absolute Gasteiger partial charge is 0.338 e. The standard InChI is InChI=1S/C15H19N5O2S/c1-4-16-14(22)18-13(21)8-23-15-19-17-9-20(15)12-6-5-10(2)7-11(12)3/h5-7,9H,4,8H2,1-3H3,(H2,16,18,21,22). The molecule has 0 radical (unpaired) electrons.